The van der Waals surface area contributed by atoms with Gasteiger partial charge < -0.3 is 18.9 Å². The Bertz CT molecular complexity index is 1720. The maximum atomic E-state index is 13.1. The van der Waals surface area contributed by atoms with Crippen molar-refractivity contribution in [1.82, 2.24) is 0 Å². The van der Waals surface area contributed by atoms with Crippen LogP contribution in [0, 0.1) is 94.7 Å². The topological polar surface area (TPSA) is 105 Å². The van der Waals surface area contributed by atoms with Gasteiger partial charge in [0.1, 0.15) is 0 Å². The van der Waals surface area contributed by atoms with E-state index >= 15 is 0 Å². The number of carbonyl (C=O) groups excluding carboxylic acids is 4. The highest BCUT2D eigenvalue weighted by atomic mass is 16.5. The molecular formula is C65H106O8. The van der Waals surface area contributed by atoms with Crippen LogP contribution in [0.3, 0.4) is 0 Å². The molecule has 0 N–H and O–H groups in total. The molecule has 7 aliphatic rings. The van der Waals surface area contributed by atoms with Gasteiger partial charge in [0.15, 0.2) is 0 Å². The third-order valence-electron chi connectivity index (χ3n) is 21.1. The van der Waals surface area contributed by atoms with Gasteiger partial charge >= 0.3 is 23.9 Å². The van der Waals surface area contributed by atoms with Gasteiger partial charge in [0.05, 0.1) is 26.4 Å². The van der Waals surface area contributed by atoms with E-state index < -0.39 is 0 Å². The second kappa shape index (κ2) is 30.3. The van der Waals surface area contributed by atoms with E-state index in [2.05, 4.69) is 27.0 Å². The van der Waals surface area contributed by atoms with E-state index in [4.69, 9.17) is 18.9 Å². The fraction of sp³-hybridized carbons (Fsp3) is 0.877. The molecule has 73 heavy (non-hydrogen) atoms. The zero-order chi connectivity index (χ0) is 51.5. The van der Waals surface area contributed by atoms with Crippen molar-refractivity contribution in [3.05, 3.63) is 24.8 Å². The highest BCUT2D eigenvalue weighted by Crippen LogP contribution is 2.63. The van der Waals surface area contributed by atoms with Crippen LogP contribution >= 0.6 is 0 Å². The summed E-state index contributed by atoms with van der Waals surface area (Å²) in [5, 5.41) is 0. The molecule has 0 amide bonds. The molecule has 8 heteroatoms. The number of fused-ring (bicyclic) bond motifs is 10. The second-order valence-electron chi connectivity index (χ2n) is 26.0. The quantitative estimate of drug-likeness (QED) is 0.0264. The number of rotatable bonds is 36. The van der Waals surface area contributed by atoms with Crippen molar-refractivity contribution in [2.75, 3.05) is 26.4 Å². The molecule has 7 saturated carbocycles. The van der Waals surface area contributed by atoms with Gasteiger partial charge in [-0.3, -0.25) is 9.59 Å². The molecule has 0 aliphatic heterocycles. The van der Waals surface area contributed by atoms with Gasteiger partial charge in [-0.25, -0.2) is 9.59 Å². The first-order valence-corrected chi connectivity index (χ1v) is 31.5. The molecule has 16 atom stereocenters. The van der Waals surface area contributed by atoms with Gasteiger partial charge in [0.25, 0.3) is 0 Å². The smallest absolute Gasteiger partial charge is 0.333 e. The van der Waals surface area contributed by atoms with Crippen LogP contribution in [0.25, 0.3) is 0 Å². The molecule has 0 aromatic heterocycles. The number of ether oxygens (including phenoxy) is 4. The minimum atomic E-state index is -0.313. The minimum absolute atomic E-state index is 0.00343. The number of hydrogen-bond acceptors (Lipinski definition) is 8. The summed E-state index contributed by atoms with van der Waals surface area (Å²) in [6.45, 7) is 15.9. The summed E-state index contributed by atoms with van der Waals surface area (Å²) < 4.78 is 23.0. The van der Waals surface area contributed by atoms with Crippen LogP contribution in [-0.4, -0.2) is 50.3 Å². The molecular weight excluding hydrogens is 909 g/mol. The average Bonchev–Trinajstić information content (AvgIpc) is 4.26. The second-order valence-corrected chi connectivity index (χ2v) is 26.0. The highest BCUT2D eigenvalue weighted by molar-refractivity contribution is 5.86. The molecule has 0 saturated heterocycles. The predicted octanol–water partition coefficient (Wildman–Crippen LogP) is 16.2. The van der Waals surface area contributed by atoms with Gasteiger partial charge in [-0.2, -0.15) is 0 Å². The van der Waals surface area contributed by atoms with Gasteiger partial charge in [-0.15, -0.1) is 0 Å². The van der Waals surface area contributed by atoms with E-state index in [9.17, 15) is 19.2 Å². The lowest BCUT2D eigenvalue weighted by Gasteiger charge is -2.44. The normalized spacial score (nSPS) is 33.6. The van der Waals surface area contributed by atoms with Crippen molar-refractivity contribution in [2.45, 2.75) is 239 Å². The fourth-order valence-electron chi connectivity index (χ4n) is 17.6. The Kier molecular flexibility index (Phi) is 24.1. The van der Waals surface area contributed by atoms with Crippen LogP contribution in [0.5, 0.6) is 0 Å². The van der Waals surface area contributed by atoms with E-state index in [1.54, 1.807) is 6.92 Å². The first-order chi connectivity index (χ1) is 35.6. The molecule has 0 aromatic carbocycles. The number of unbranched alkanes of at least 4 members (excludes halogenated alkanes) is 14. The summed E-state index contributed by atoms with van der Waals surface area (Å²) >= 11 is 0. The Morgan fingerprint density at radius 1 is 0.438 bits per heavy atom. The third kappa shape index (κ3) is 16.9. The maximum absolute atomic E-state index is 13.1. The van der Waals surface area contributed by atoms with E-state index in [1.165, 1.54) is 173 Å². The molecule has 7 fully saturated rings. The lowest BCUT2D eigenvalue weighted by atomic mass is 9.61. The Balaban J connectivity index is 0.808. The monoisotopic (exact) mass is 1010 g/mol. The van der Waals surface area contributed by atoms with Crippen molar-refractivity contribution in [1.29, 1.82) is 0 Å². The number of esters is 4. The van der Waals surface area contributed by atoms with Crippen molar-refractivity contribution in [3.63, 3.8) is 0 Å². The molecule has 0 heterocycles. The molecule has 414 valence electrons. The minimum Gasteiger partial charge on any atom is -0.465 e. The summed E-state index contributed by atoms with van der Waals surface area (Å²) in [6, 6.07) is 0. The predicted molar refractivity (Wildman–Crippen MR) is 293 cm³/mol. The van der Waals surface area contributed by atoms with Crippen LogP contribution in [0.1, 0.15) is 239 Å². The van der Waals surface area contributed by atoms with Gasteiger partial charge in [-0.05, 0) is 192 Å². The first-order valence-electron chi connectivity index (χ1n) is 31.5. The molecule has 8 nitrogen and oxygen atoms in total. The molecule has 0 aromatic rings. The Hall–Kier alpha value is -2.64. The van der Waals surface area contributed by atoms with E-state index in [0.717, 1.165) is 85.9 Å². The molecule has 7 aliphatic carbocycles. The summed E-state index contributed by atoms with van der Waals surface area (Å²) in [4.78, 5) is 49.7. The summed E-state index contributed by atoms with van der Waals surface area (Å²) in [7, 11) is 0. The zero-order valence-corrected chi connectivity index (χ0v) is 46.9. The highest BCUT2D eigenvalue weighted by Gasteiger charge is 2.57. The molecule has 0 spiro atoms. The standard InChI is InChI=1S/C65H106O8/c1-6-9-11-13-14-20-26-49-32-31-48(25-19-12-10-7-2)54(27-21-15-17-23-29-63(67)71-43-52-37-50-39-58(52)60-35-46(33-56(50)60)41-70-62(66)8-3)55(49)28-22-16-18-24-30-64(68)72-44-53-38-51-40-59(53)61-36-47(34-57(51)61)42-73-65(69)45(4)5/h8,46-61H,3-4,6-7,9-44H2,1-2,5H3. The van der Waals surface area contributed by atoms with Gasteiger partial charge in [0, 0.05) is 24.5 Å². The summed E-state index contributed by atoms with van der Waals surface area (Å²) in [6.07, 6.45) is 43.2. The van der Waals surface area contributed by atoms with Crippen molar-refractivity contribution in [3.8, 4) is 0 Å². The zero-order valence-electron chi connectivity index (χ0n) is 46.9. The first kappa shape index (κ1) is 58.1. The molecule has 16 unspecified atom stereocenters. The van der Waals surface area contributed by atoms with Crippen LogP contribution in [0.15, 0.2) is 24.8 Å². The molecule has 7 rings (SSSR count). The largest absolute Gasteiger partial charge is 0.465 e. The Labute approximate surface area is 445 Å². The van der Waals surface area contributed by atoms with Crippen LogP contribution < -0.4 is 0 Å². The Morgan fingerprint density at radius 3 is 1.32 bits per heavy atom. The van der Waals surface area contributed by atoms with E-state index in [-0.39, 0.29) is 23.9 Å². The Morgan fingerprint density at radius 2 is 0.849 bits per heavy atom. The van der Waals surface area contributed by atoms with Gasteiger partial charge in [-0.1, -0.05) is 143 Å². The summed E-state index contributed by atoms with van der Waals surface area (Å²) in [5.41, 5.74) is 0.474. The SMILES string of the molecule is C=CC(=O)OCC1CC2C3CC(COC(=O)CCCCCCC4C(CCCCCC)CCC(CCCCCCCC)C4CCCCCCC(=O)OCC4CC5CC4C4CC(COC(=O)C(=C)C)CC54)C(C3)C2C1. The molecule has 4 bridgehead atoms. The van der Waals surface area contributed by atoms with E-state index in [0.29, 0.717) is 92.2 Å². The lowest BCUT2D eigenvalue weighted by molar-refractivity contribution is -0.147. The lowest BCUT2D eigenvalue weighted by Crippen LogP contribution is -2.35. The van der Waals surface area contributed by atoms with Crippen LogP contribution in [0.2, 0.25) is 0 Å². The van der Waals surface area contributed by atoms with Crippen molar-refractivity contribution in [2.24, 2.45) is 94.7 Å². The van der Waals surface area contributed by atoms with Crippen molar-refractivity contribution >= 4 is 23.9 Å². The van der Waals surface area contributed by atoms with Gasteiger partial charge in [0.2, 0.25) is 0 Å². The maximum Gasteiger partial charge on any atom is 0.333 e. The van der Waals surface area contributed by atoms with Crippen LogP contribution in [0.4, 0.5) is 0 Å². The van der Waals surface area contributed by atoms with E-state index in [1.807, 2.05) is 0 Å². The number of hydrogen-bond donors (Lipinski definition) is 0. The fourth-order valence-corrected chi connectivity index (χ4v) is 17.6. The molecule has 0 radical (unpaired) electrons. The van der Waals surface area contributed by atoms with Crippen LogP contribution in [-0.2, 0) is 38.1 Å². The number of carbonyl (C=O) groups is 4. The third-order valence-corrected chi connectivity index (χ3v) is 21.1. The van der Waals surface area contributed by atoms with Crippen molar-refractivity contribution < 1.29 is 38.1 Å². The average molecular weight is 1020 g/mol. The summed E-state index contributed by atoms with van der Waals surface area (Å²) in [5.74, 6) is 10.5.